The van der Waals surface area contributed by atoms with Crippen LogP contribution in [0.4, 0.5) is 5.69 Å². The molecule has 70 valence electrons. The SMILES string of the molecule is CC(C)(Br)C(=O)Nc1cccnc1. The molecule has 0 spiro atoms. The Hall–Kier alpha value is -0.900. The van der Waals surface area contributed by atoms with Gasteiger partial charge in [-0.1, -0.05) is 15.9 Å². The van der Waals surface area contributed by atoms with Crippen LogP contribution in [0.5, 0.6) is 0 Å². The van der Waals surface area contributed by atoms with Gasteiger partial charge >= 0.3 is 0 Å². The van der Waals surface area contributed by atoms with Gasteiger partial charge in [-0.2, -0.15) is 0 Å². The smallest absolute Gasteiger partial charge is 0.240 e. The van der Waals surface area contributed by atoms with E-state index in [1.54, 1.807) is 38.4 Å². The van der Waals surface area contributed by atoms with E-state index < -0.39 is 4.32 Å². The van der Waals surface area contributed by atoms with Crippen LogP contribution in [0.25, 0.3) is 0 Å². The van der Waals surface area contributed by atoms with Crippen LogP contribution < -0.4 is 5.32 Å². The Balaban J connectivity index is 2.66. The minimum Gasteiger partial charge on any atom is -0.324 e. The number of aromatic nitrogens is 1. The van der Waals surface area contributed by atoms with Gasteiger partial charge in [0.2, 0.25) is 5.91 Å². The highest BCUT2D eigenvalue weighted by atomic mass is 79.9. The number of carbonyl (C=O) groups excluding carboxylic acids is 1. The van der Waals surface area contributed by atoms with Crippen molar-refractivity contribution in [2.75, 3.05) is 5.32 Å². The molecule has 1 aromatic rings. The van der Waals surface area contributed by atoms with Crippen LogP contribution in [0.2, 0.25) is 0 Å². The van der Waals surface area contributed by atoms with Crippen molar-refractivity contribution in [3.8, 4) is 0 Å². The van der Waals surface area contributed by atoms with Gasteiger partial charge in [0.1, 0.15) is 0 Å². The number of hydrogen-bond acceptors (Lipinski definition) is 2. The quantitative estimate of drug-likeness (QED) is 0.809. The van der Waals surface area contributed by atoms with E-state index in [9.17, 15) is 4.79 Å². The molecule has 1 N–H and O–H groups in total. The highest BCUT2D eigenvalue weighted by Gasteiger charge is 2.23. The maximum Gasteiger partial charge on any atom is 0.240 e. The summed E-state index contributed by atoms with van der Waals surface area (Å²) >= 11 is 3.27. The Morgan fingerprint density at radius 2 is 2.31 bits per heavy atom. The fraction of sp³-hybridized carbons (Fsp3) is 0.333. The zero-order valence-corrected chi connectivity index (χ0v) is 9.13. The summed E-state index contributed by atoms with van der Waals surface area (Å²) in [6.45, 7) is 3.58. The van der Waals surface area contributed by atoms with Crippen LogP contribution in [-0.2, 0) is 4.79 Å². The van der Waals surface area contributed by atoms with E-state index in [2.05, 4.69) is 26.2 Å². The van der Waals surface area contributed by atoms with Crippen LogP contribution in [-0.4, -0.2) is 15.2 Å². The third kappa shape index (κ3) is 3.14. The fourth-order valence-electron chi connectivity index (χ4n) is 0.716. The fourth-order valence-corrected chi connectivity index (χ4v) is 0.816. The van der Waals surface area contributed by atoms with E-state index >= 15 is 0 Å². The average Bonchev–Trinajstić information content (AvgIpc) is 2.04. The molecule has 0 saturated heterocycles. The third-order valence-corrected chi connectivity index (χ3v) is 1.82. The number of carbonyl (C=O) groups is 1. The Kier molecular flexibility index (Phi) is 3.03. The molecular weight excluding hydrogens is 232 g/mol. The van der Waals surface area contributed by atoms with Crippen molar-refractivity contribution in [2.45, 2.75) is 18.2 Å². The Labute approximate surface area is 85.7 Å². The lowest BCUT2D eigenvalue weighted by Crippen LogP contribution is -2.30. The minimum absolute atomic E-state index is 0.0829. The number of pyridine rings is 1. The summed E-state index contributed by atoms with van der Waals surface area (Å²) in [5.41, 5.74) is 0.708. The summed E-state index contributed by atoms with van der Waals surface area (Å²) < 4.78 is -0.553. The molecule has 0 aliphatic rings. The number of anilines is 1. The average molecular weight is 243 g/mol. The first-order valence-electron chi connectivity index (χ1n) is 3.90. The van der Waals surface area contributed by atoms with E-state index in [4.69, 9.17) is 0 Å². The zero-order chi connectivity index (χ0) is 9.90. The largest absolute Gasteiger partial charge is 0.324 e. The molecule has 0 aliphatic heterocycles. The van der Waals surface area contributed by atoms with Crippen molar-refractivity contribution in [2.24, 2.45) is 0 Å². The summed E-state index contributed by atoms with van der Waals surface area (Å²) in [6, 6.07) is 3.57. The van der Waals surface area contributed by atoms with E-state index in [-0.39, 0.29) is 5.91 Å². The number of hydrogen-bond donors (Lipinski definition) is 1. The van der Waals surface area contributed by atoms with Crippen molar-refractivity contribution in [1.29, 1.82) is 0 Å². The Bertz CT molecular complexity index is 292. The standard InChI is InChI=1S/C9H11BrN2O/c1-9(2,10)8(13)12-7-4-3-5-11-6-7/h3-6H,1-2H3,(H,12,13). The molecule has 0 aliphatic carbocycles. The van der Waals surface area contributed by atoms with Gasteiger partial charge in [-0.05, 0) is 26.0 Å². The van der Waals surface area contributed by atoms with Crippen LogP contribution in [0.3, 0.4) is 0 Å². The zero-order valence-electron chi connectivity index (χ0n) is 7.54. The summed E-state index contributed by atoms with van der Waals surface area (Å²) in [4.78, 5) is 15.3. The Morgan fingerprint density at radius 3 is 2.77 bits per heavy atom. The second-order valence-electron chi connectivity index (χ2n) is 3.17. The summed E-state index contributed by atoms with van der Waals surface area (Å²) in [7, 11) is 0. The highest BCUT2D eigenvalue weighted by Crippen LogP contribution is 2.18. The van der Waals surface area contributed by atoms with E-state index in [0.29, 0.717) is 5.69 Å². The van der Waals surface area contributed by atoms with Crippen LogP contribution in [0.1, 0.15) is 13.8 Å². The third-order valence-electron chi connectivity index (χ3n) is 1.46. The molecule has 0 aromatic carbocycles. The number of nitrogens with one attached hydrogen (secondary N) is 1. The van der Waals surface area contributed by atoms with Gasteiger partial charge in [0, 0.05) is 6.20 Å². The minimum atomic E-state index is -0.553. The molecule has 0 bridgehead atoms. The van der Waals surface area contributed by atoms with Crippen LogP contribution in [0.15, 0.2) is 24.5 Å². The van der Waals surface area contributed by atoms with Gasteiger partial charge in [0.05, 0.1) is 16.2 Å². The number of alkyl halides is 1. The monoisotopic (exact) mass is 242 g/mol. The van der Waals surface area contributed by atoms with Gasteiger partial charge in [0.15, 0.2) is 0 Å². The summed E-state index contributed by atoms with van der Waals surface area (Å²) in [5, 5.41) is 2.73. The predicted molar refractivity (Wildman–Crippen MR) is 55.9 cm³/mol. The number of halogens is 1. The molecule has 1 aromatic heterocycles. The molecule has 0 atom stereocenters. The molecule has 4 heteroatoms. The number of amides is 1. The van der Waals surface area contributed by atoms with Crippen molar-refractivity contribution in [3.63, 3.8) is 0 Å². The van der Waals surface area contributed by atoms with Crippen molar-refractivity contribution in [3.05, 3.63) is 24.5 Å². The molecule has 3 nitrogen and oxygen atoms in total. The summed E-state index contributed by atoms with van der Waals surface area (Å²) in [6.07, 6.45) is 3.27. The van der Waals surface area contributed by atoms with Gasteiger partial charge < -0.3 is 5.32 Å². The Morgan fingerprint density at radius 1 is 1.62 bits per heavy atom. The maximum absolute atomic E-state index is 11.4. The highest BCUT2D eigenvalue weighted by molar-refractivity contribution is 9.10. The molecule has 0 radical (unpaired) electrons. The topological polar surface area (TPSA) is 42.0 Å². The second-order valence-corrected chi connectivity index (χ2v) is 5.15. The van der Waals surface area contributed by atoms with Gasteiger partial charge in [-0.15, -0.1) is 0 Å². The molecule has 1 heterocycles. The normalized spacial score (nSPS) is 11.0. The molecule has 0 fully saturated rings. The first kappa shape index (κ1) is 10.2. The van der Waals surface area contributed by atoms with Crippen LogP contribution >= 0.6 is 15.9 Å². The molecule has 13 heavy (non-hydrogen) atoms. The first-order chi connectivity index (χ1) is 6.00. The predicted octanol–water partition coefficient (Wildman–Crippen LogP) is 2.19. The number of nitrogens with zero attached hydrogens (tertiary/aromatic N) is 1. The van der Waals surface area contributed by atoms with Gasteiger partial charge in [-0.25, -0.2) is 0 Å². The molecule has 1 rings (SSSR count). The van der Waals surface area contributed by atoms with Crippen LogP contribution in [0, 0.1) is 0 Å². The second kappa shape index (κ2) is 3.87. The van der Waals surface area contributed by atoms with Crippen molar-refractivity contribution in [1.82, 2.24) is 4.98 Å². The van der Waals surface area contributed by atoms with E-state index in [0.717, 1.165) is 0 Å². The molecule has 0 unspecified atom stereocenters. The van der Waals surface area contributed by atoms with Crippen molar-refractivity contribution < 1.29 is 4.79 Å². The molecule has 1 amide bonds. The molecule has 0 saturated carbocycles. The van der Waals surface area contributed by atoms with Gasteiger partial charge in [-0.3, -0.25) is 9.78 Å². The maximum atomic E-state index is 11.4. The lowest BCUT2D eigenvalue weighted by molar-refractivity contribution is -0.117. The van der Waals surface area contributed by atoms with E-state index in [1.807, 2.05) is 0 Å². The van der Waals surface area contributed by atoms with Gasteiger partial charge in [0.25, 0.3) is 0 Å². The van der Waals surface area contributed by atoms with E-state index in [1.165, 1.54) is 0 Å². The lowest BCUT2D eigenvalue weighted by Gasteiger charge is -2.15. The summed E-state index contributed by atoms with van der Waals surface area (Å²) in [5.74, 6) is -0.0829. The first-order valence-corrected chi connectivity index (χ1v) is 4.70. The lowest BCUT2D eigenvalue weighted by atomic mass is 10.2. The number of rotatable bonds is 2. The molecular formula is C9H11BrN2O. The van der Waals surface area contributed by atoms with Crippen molar-refractivity contribution >= 4 is 27.5 Å².